The maximum absolute atomic E-state index is 12.9. The van der Waals surface area contributed by atoms with Crippen molar-refractivity contribution < 1.29 is 24.0 Å². The minimum absolute atomic E-state index is 0.00760. The predicted octanol–water partition coefficient (Wildman–Crippen LogP) is 6.45. The number of likely N-dealkylation sites (N-methyl/N-ethyl adjacent to an activating group) is 3. The van der Waals surface area contributed by atoms with Gasteiger partial charge in [0.05, 0.1) is 62.8 Å². The number of carbonyl (C=O) groups is 5. The van der Waals surface area contributed by atoms with E-state index in [-0.39, 0.29) is 47.8 Å². The van der Waals surface area contributed by atoms with Gasteiger partial charge in [0.2, 0.25) is 5.91 Å². The van der Waals surface area contributed by atoms with Crippen LogP contribution in [0.5, 0.6) is 0 Å². The standard InChI is InChI=1S/2C20H20N6O2S.C16H20N4O2.C5H4N2S/c1-25-5-7-26(8-6-25)20(28)11-2-3-13-14(10-11)23-17(22-13)15-16(21)12-4-9-29-19(12)24-18(15)27;1-25-5-7-26(8-6-25)20(28)13-2-3-15-16(10-13)23-17(22-15)11-18(27)24-19-14(12-21)4-9-29-19;1-11(21)9-15-17-13-4-3-12(10-14(13)18-15)16(22)20-7-5-19(2)6-8-20;6-3-4-1-2-8-5(4)7/h2-4,9-10H,5-8H2,1H3,(H,22,23)(H3,21,24,27);2-4,9-10H,5-8,11H2,1H3,(H,22,23)(H,24,27);3-4,10H,5-9H2,1-2H3,(H,17,18);1-2H,7H2. The Labute approximate surface area is 517 Å². The zero-order chi connectivity index (χ0) is 62.2. The summed E-state index contributed by atoms with van der Waals surface area (Å²) in [5.74, 6) is 1.44. The van der Waals surface area contributed by atoms with Crippen molar-refractivity contribution in [1.29, 1.82) is 10.5 Å². The summed E-state index contributed by atoms with van der Waals surface area (Å²) in [7, 11) is 6.17. The molecule has 10 aromatic rings. The lowest BCUT2D eigenvalue weighted by Gasteiger charge is -2.32. The number of imidazole rings is 3. The Balaban J connectivity index is 0.000000138. The number of Topliss-reactive ketones (excluding diaryl/α,β-unsaturated/α-hetero) is 1. The van der Waals surface area contributed by atoms with Crippen molar-refractivity contribution >= 4 is 122 Å². The number of carbonyl (C=O) groups excluding carboxylic acids is 5. The van der Waals surface area contributed by atoms with E-state index in [2.05, 4.69) is 76.0 Å². The fourth-order valence-corrected chi connectivity index (χ4v) is 12.3. The largest absolute Gasteiger partial charge is 0.397 e. The number of ketones is 1. The summed E-state index contributed by atoms with van der Waals surface area (Å²) in [5.41, 5.74) is 19.3. The zero-order valence-corrected chi connectivity index (χ0v) is 51.3. The molecule has 3 saturated heterocycles. The maximum Gasteiger partial charge on any atom is 0.262 e. The fraction of sp³-hybridized carbons (Fsp3) is 0.295. The molecule has 27 heteroatoms. The number of fused-ring (bicyclic) bond motifs is 4. The molecule has 3 aliphatic rings. The second-order valence-corrected chi connectivity index (χ2v) is 24.3. The Morgan fingerprint density at radius 1 is 0.557 bits per heavy atom. The monoisotopic (exact) mass is 1240 g/mol. The van der Waals surface area contributed by atoms with Crippen LogP contribution in [-0.4, -0.2) is 193 Å². The molecule has 0 spiro atoms. The third kappa shape index (κ3) is 14.4. The lowest BCUT2D eigenvalue weighted by Crippen LogP contribution is -2.47. The van der Waals surface area contributed by atoms with Gasteiger partial charge in [-0.1, -0.05) is 0 Å². The molecular formula is C61H64N18O6S3. The van der Waals surface area contributed by atoms with Gasteiger partial charge >= 0.3 is 0 Å². The van der Waals surface area contributed by atoms with Crippen LogP contribution in [-0.2, 0) is 22.4 Å². The summed E-state index contributed by atoms with van der Waals surface area (Å²) in [6, 6.07) is 25.5. The van der Waals surface area contributed by atoms with Gasteiger partial charge in [-0.3, -0.25) is 28.8 Å². The van der Waals surface area contributed by atoms with Crippen LogP contribution < -0.4 is 22.3 Å². The lowest BCUT2D eigenvalue weighted by molar-refractivity contribution is -0.117. The molecule has 24 nitrogen and oxygen atoms in total. The van der Waals surface area contributed by atoms with Crippen molar-refractivity contribution in [3.8, 4) is 23.5 Å². The first-order valence-electron chi connectivity index (χ1n) is 28.2. The molecule has 452 valence electrons. The molecule has 0 saturated carbocycles. The lowest BCUT2D eigenvalue weighted by atomic mass is 10.1. The molecule has 3 aromatic carbocycles. The number of nitriles is 2. The number of nitrogen functional groups attached to an aromatic ring is 2. The van der Waals surface area contributed by atoms with Crippen molar-refractivity contribution in [2.45, 2.75) is 19.8 Å². The maximum atomic E-state index is 12.9. The van der Waals surface area contributed by atoms with Crippen molar-refractivity contribution in [2.24, 2.45) is 0 Å². The van der Waals surface area contributed by atoms with E-state index in [1.54, 1.807) is 65.4 Å². The second kappa shape index (κ2) is 27.4. The quantitative estimate of drug-likeness (QED) is 0.0816. The fourth-order valence-electron chi connectivity index (χ4n) is 10.1. The highest BCUT2D eigenvalue weighted by Gasteiger charge is 2.25. The second-order valence-electron chi connectivity index (χ2n) is 21.5. The molecular weight excluding hydrogens is 1180 g/mol. The SMILES string of the molecule is CC(=O)Cc1nc2ccc(C(=O)N3CCN(C)CC3)cc2[nH]1.CN1CCN(C(=O)c2ccc3nc(-c4c(N)c5ccsc5[nH]c4=O)[nH]c3c2)CC1.CN1CCN(C(=O)c2ccc3nc(CC(=O)Nc4sccc4C#N)[nH]c3c2)CC1.N#Cc1ccsc1N. The van der Waals surface area contributed by atoms with Crippen LogP contribution in [0.4, 0.5) is 15.7 Å². The van der Waals surface area contributed by atoms with Gasteiger partial charge < -0.3 is 66.1 Å². The van der Waals surface area contributed by atoms with Gasteiger partial charge in [0, 0.05) is 101 Å². The van der Waals surface area contributed by atoms with E-state index in [0.717, 1.165) is 92.2 Å². The molecule has 10 heterocycles. The van der Waals surface area contributed by atoms with E-state index < -0.39 is 0 Å². The number of pyridine rings is 1. The average Bonchev–Trinajstić information content (AvgIpc) is 3.21. The number of thiophene rings is 3. The number of hydrogen-bond donors (Lipinski definition) is 7. The number of aromatic nitrogens is 7. The number of nitrogens with zero attached hydrogens (tertiary/aromatic N) is 11. The summed E-state index contributed by atoms with van der Waals surface area (Å²) in [6.07, 6.45) is 0.343. The number of hydrogen-bond acceptors (Lipinski definition) is 19. The molecule has 3 fully saturated rings. The van der Waals surface area contributed by atoms with Gasteiger partial charge in [-0.05, 0) is 117 Å². The molecule has 0 bridgehead atoms. The first-order valence-corrected chi connectivity index (χ1v) is 30.9. The smallest absolute Gasteiger partial charge is 0.262 e. The van der Waals surface area contributed by atoms with E-state index in [0.29, 0.717) is 96.2 Å². The minimum atomic E-state index is -0.287. The van der Waals surface area contributed by atoms with Crippen LogP contribution in [0.25, 0.3) is 54.7 Å². The third-order valence-electron chi connectivity index (χ3n) is 15.2. The van der Waals surface area contributed by atoms with Crippen LogP contribution in [0.15, 0.2) is 93.7 Å². The van der Waals surface area contributed by atoms with Crippen LogP contribution in [0, 0.1) is 22.7 Å². The highest BCUT2D eigenvalue weighted by molar-refractivity contribution is 7.16. The van der Waals surface area contributed by atoms with Crippen molar-refractivity contribution in [3.05, 3.63) is 139 Å². The summed E-state index contributed by atoms with van der Waals surface area (Å²) < 4.78 is 0. The summed E-state index contributed by atoms with van der Waals surface area (Å²) in [5, 5.41) is 27.4. The molecule has 0 unspecified atom stereocenters. The molecule has 3 aliphatic heterocycles. The van der Waals surface area contributed by atoms with E-state index in [1.165, 1.54) is 40.9 Å². The summed E-state index contributed by atoms with van der Waals surface area (Å²) in [4.78, 5) is 113. The van der Waals surface area contributed by atoms with Gasteiger partial charge in [-0.2, -0.15) is 10.5 Å². The Morgan fingerprint density at radius 3 is 1.45 bits per heavy atom. The first-order chi connectivity index (χ1) is 42.4. The highest BCUT2D eigenvalue weighted by atomic mass is 32.1. The minimum Gasteiger partial charge on any atom is -0.397 e. The van der Waals surface area contributed by atoms with Crippen LogP contribution in [0.1, 0.15) is 60.8 Å². The predicted molar refractivity (Wildman–Crippen MR) is 344 cm³/mol. The molecule has 88 heavy (non-hydrogen) atoms. The van der Waals surface area contributed by atoms with Crippen LogP contribution >= 0.6 is 34.0 Å². The summed E-state index contributed by atoms with van der Waals surface area (Å²) >= 11 is 4.12. The van der Waals surface area contributed by atoms with Gasteiger partial charge in [0.1, 0.15) is 55.8 Å². The number of nitrogens with two attached hydrogens (primary N) is 2. The Hall–Kier alpha value is -9.61. The summed E-state index contributed by atoms with van der Waals surface area (Å²) in [6.45, 7) is 11.2. The molecule has 7 aromatic heterocycles. The zero-order valence-electron chi connectivity index (χ0n) is 48.8. The molecule has 9 N–H and O–H groups in total. The Kier molecular flexibility index (Phi) is 19.1. The van der Waals surface area contributed by atoms with Gasteiger partial charge in [0.15, 0.2) is 0 Å². The van der Waals surface area contributed by atoms with E-state index in [4.69, 9.17) is 22.0 Å². The molecule has 4 amide bonds. The molecule has 13 rings (SSSR count). The van der Waals surface area contributed by atoms with Crippen molar-refractivity contribution in [3.63, 3.8) is 0 Å². The molecule has 0 aliphatic carbocycles. The van der Waals surface area contributed by atoms with Gasteiger partial charge in [-0.25, -0.2) is 15.0 Å². The van der Waals surface area contributed by atoms with Gasteiger partial charge in [0.25, 0.3) is 23.3 Å². The number of nitrogens with one attached hydrogen (secondary N) is 5. The van der Waals surface area contributed by atoms with Crippen LogP contribution in [0.2, 0.25) is 0 Å². The van der Waals surface area contributed by atoms with E-state index in [9.17, 15) is 28.8 Å². The number of anilines is 3. The Morgan fingerprint density at radius 2 is 1.00 bits per heavy atom. The van der Waals surface area contributed by atoms with Crippen LogP contribution in [0.3, 0.4) is 0 Å². The van der Waals surface area contributed by atoms with Crippen molar-refractivity contribution in [2.75, 3.05) is 116 Å². The molecule has 0 radical (unpaired) electrons. The molecule has 0 atom stereocenters. The van der Waals surface area contributed by atoms with Gasteiger partial charge in [-0.15, -0.1) is 34.0 Å². The van der Waals surface area contributed by atoms with E-state index >= 15 is 0 Å². The average molecular weight is 1240 g/mol. The topological polar surface area (TPSA) is 335 Å². The number of amides is 4. The number of piperazine rings is 3. The van der Waals surface area contributed by atoms with Crippen molar-refractivity contribution in [1.82, 2.24) is 64.3 Å². The number of H-pyrrole nitrogens is 4. The number of benzene rings is 3. The third-order valence-corrected chi connectivity index (χ3v) is 17.6. The number of aromatic amines is 4. The Bertz CT molecular complexity index is 4360. The first kappa shape index (κ1) is 61.5. The normalized spacial score (nSPS) is 14.7. The highest BCUT2D eigenvalue weighted by Crippen LogP contribution is 2.31. The number of rotatable bonds is 9. The van der Waals surface area contributed by atoms with E-state index in [1.807, 2.05) is 50.4 Å².